The molecule has 0 saturated carbocycles. The summed E-state index contributed by atoms with van der Waals surface area (Å²) >= 11 is 0. The number of aliphatic imine (C=N–C) groups is 1. The fraction of sp³-hybridized carbons (Fsp3) is 0.409. The van der Waals surface area contributed by atoms with Crippen LogP contribution >= 0.6 is 0 Å². The molecule has 156 valence electrons. The molecular weight excluding hydrogens is 374 g/mol. The van der Waals surface area contributed by atoms with Crippen LogP contribution in [-0.4, -0.2) is 37.6 Å². The molecule has 1 aliphatic rings. The van der Waals surface area contributed by atoms with Gasteiger partial charge in [-0.05, 0) is 54.8 Å². The van der Waals surface area contributed by atoms with E-state index in [9.17, 15) is 8.78 Å². The van der Waals surface area contributed by atoms with Crippen molar-refractivity contribution in [3.8, 4) is 5.75 Å². The predicted octanol–water partition coefficient (Wildman–Crippen LogP) is 3.75. The highest BCUT2D eigenvalue weighted by molar-refractivity contribution is 5.79. The predicted molar refractivity (Wildman–Crippen MR) is 111 cm³/mol. The lowest BCUT2D eigenvalue weighted by atomic mass is 10.1. The summed E-state index contributed by atoms with van der Waals surface area (Å²) in [5.74, 6) is 0.794. The van der Waals surface area contributed by atoms with Crippen LogP contribution in [0.4, 0.5) is 8.78 Å². The van der Waals surface area contributed by atoms with Crippen molar-refractivity contribution in [2.45, 2.75) is 39.1 Å². The Morgan fingerprint density at radius 3 is 2.31 bits per heavy atom. The monoisotopic (exact) mass is 402 g/mol. The topological polar surface area (TPSA) is 48.9 Å². The molecule has 0 unspecified atom stereocenters. The number of hydrogen-bond donors (Lipinski definition) is 2. The summed E-state index contributed by atoms with van der Waals surface area (Å²) in [7, 11) is 1.70. The molecule has 1 fully saturated rings. The quantitative estimate of drug-likeness (QED) is 0.522. The molecule has 29 heavy (non-hydrogen) atoms. The van der Waals surface area contributed by atoms with Crippen molar-refractivity contribution in [3.63, 3.8) is 0 Å². The number of guanidine groups is 1. The highest BCUT2D eigenvalue weighted by Gasteiger charge is 2.11. The largest absolute Gasteiger partial charge is 0.435 e. The van der Waals surface area contributed by atoms with Gasteiger partial charge in [-0.15, -0.1) is 0 Å². The van der Waals surface area contributed by atoms with Crippen molar-refractivity contribution < 1.29 is 13.5 Å². The highest BCUT2D eigenvalue weighted by atomic mass is 19.3. The molecule has 0 aliphatic carbocycles. The van der Waals surface area contributed by atoms with Gasteiger partial charge in [-0.1, -0.05) is 36.4 Å². The molecule has 0 aromatic heterocycles. The maximum Gasteiger partial charge on any atom is 0.387 e. The summed E-state index contributed by atoms with van der Waals surface area (Å²) in [6.07, 6.45) is 2.61. The number of rotatable bonds is 8. The second kappa shape index (κ2) is 10.8. The Morgan fingerprint density at radius 1 is 1.00 bits per heavy atom. The minimum Gasteiger partial charge on any atom is -0.435 e. The highest BCUT2D eigenvalue weighted by Crippen LogP contribution is 2.16. The first-order valence-electron chi connectivity index (χ1n) is 9.91. The molecule has 2 aromatic carbocycles. The van der Waals surface area contributed by atoms with Crippen molar-refractivity contribution in [1.29, 1.82) is 0 Å². The average Bonchev–Trinajstić information content (AvgIpc) is 3.22. The van der Waals surface area contributed by atoms with Crippen molar-refractivity contribution in [2.75, 3.05) is 20.1 Å². The lowest BCUT2D eigenvalue weighted by Crippen LogP contribution is -2.36. The lowest BCUT2D eigenvalue weighted by Gasteiger charge is -2.15. The second-order valence-electron chi connectivity index (χ2n) is 7.10. The third kappa shape index (κ3) is 7.02. The van der Waals surface area contributed by atoms with E-state index in [1.54, 1.807) is 19.2 Å². The lowest BCUT2D eigenvalue weighted by molar-refractivity contribution is -0.0498. The molecule has 0 bridgehead atoms. The maximum atomic E-state index is 12.3. The number of hydrogen-bond acceptors (Lipinski definition) is 3. The van der Waals surface area contributed by atoms with E-state index in [0.29, 0.717) is 19.0 Å². The number of nitrogens with zero attached hydrogens (tertiary/aromatic N) is 2. The standard InChI is InChI=1S/C22H28F2N4O/c1-25-22(27-15-19-5-4-6-20(13-19)29-21(23)24)26-14-17-7-9-18(10-8-17)16-28-11-2-3-12-28/h4-10,13,21H,2-3,11-12,14-16H2,1H3,(H2,25,26,27). The molecule has 2 aromatic rings. The molecule has 1 saturated heterocycles. The van der Waals surface area contributed by atoms with Crippen molar-refractivity contribution in [3.05, 3.63) is 65.2 Å². The van der Waals surface area contributed by atoms with Gasteiger partial charge in [0.25, 0.3) is 0 Å². The van der Waals surface area contributed by atoms with E-state index in [0.717, 1.165) is 12.1 Å². The Kier molecular flexibility index (Phi) is 7.81. The summed E-state index contributed by atoms with van der Waals surface area (Å²) < 4.78 is 29.1. The molecule has 0 amide bonds. The van der Waals surface area contributed by atoms with Gasteiger partial charge >= 0.3 is 6.61 Å². The zero-order chi connectivity index (χ0) is 20.5. The van der Waals surface area contributed by atoms with Gasteiger partial charge in [-0.2, -0.15) is 8.78 Å². The van der Waals surface area contributed by atoms with Gasteiger partial charge in [0.05, 0.1) is 0 Å². The van der Waals surface area contributed by atoms with Crippen LogP contribution in [0.25, 0.3) is 0 Å². The van der Waals surface area contributed by atoms with Gasteiger partial charge < -0.3 is 15.4 Å². The summed E-state index contributed by atoms with van der Waals surface area (Å²) in [5, 5.41) is 6.46. The summed E-state index contributed by atoms with van der Waals surface area (Å²) in [4.78, 5) is 6.70. The van der Waals surface area contributed by atoms with Gasteiger partial charge in [0.15, 0.2) is 5.96 Å². The van der Waals surface area contributed by atoms with E-state index >= 15 is 0 Å². The van der Waals surface area contributed by atoms with Gasteiger partial charge in [0.2, 0.25) is 0 Å². The van der Waals surface area contributed by atoms with E-state index in [1.165, 1.54) is 43.1 Å². The fourth-order valence-electron chi connectivity index (χ4n) is 3.39. The first-order chi connectivity index (χ1) is 14.1. The minimum atomic E-state index is -2.82. The van der Waals surface area contributed by atoms with Gasteiger partial charge in [-0.25, -0.2) is 0 Å². The molecule has 1 heterocycles. The third-order valence-corrected chi connectivity index (χ3v) is 4.89. The zero-order valence-corrected chi connectivity index (χ0v) is 16.7. The van der Waals surface area contributed by atoms with Crippen LogP contribution in [0.1, 0.15) is 29.5 Å². The van der Waals surface area contributed by atoms with Crippen molar-refractivity contribution >= 4 is 5.96 Å². The number of nitrogens with one attached hydrogen (secondary N) is 2. The average molecular weight is 402 g/mol. The van der Waals surface area contributed by atoms with Gasteiger partial charge in [0, 0.05) is 26.7 Å². The van der Waals surface area contributed by atoms with Gasteiger partial charge in [-0.3, -0.25) is 9.89 Å². The molecule has 3 rings (SSSR count). The number of likely N-dealkylation sites (tertiary alicyclic amines) is 1. The smallest absolute Gasteiger partial charge is 0.387 e. The molecule has 2 N–H and O–H groups in total. The molecule has 5 nitrogen and oxygen atoms in total. The zero-order valence-electron chi connectivity index (χ0n) is 16.7. The van der Waals surface area contributed by atoms with Crippen LogP contribution in [0, 0.1) is 0 Å². The van der Waals surface area contributed by atoms with Crippen LogP contribution in [0.15, 0.2) is 53.5 Å². The Labute approximate surface area is 170 Å². The summed E-state index contributed by atoms with van der Waals surface area (Å²) in [6.45, 7) is 1.69. The SMILES string of the molecule is CN=C(NCc1ccc(CN2CCCC2)cc1)NCc1cccc(OC(F)F)c1. The van der Waals surface area contributed by atoms with Crippen LogP contribution in [0.3, 0.4) is 0 Å². The minimum absolute atomic E-state index is 0.149. The molecule has 0 radical (unpaired) electrons. The van der Waals surface area contributed by atoms with Crippen LogP contribution in [0.5, 0.6) is 5.75 Å². The fourth-order valence-corrected chi connectivity index (χ4v) is 3.39. The maximum absolute atomic E-state index is 12.3. The first kappa shape index (κ1) is 21.0. The third-order valence-electron chi connectivity index (χ3n) is 4.89. The Bertz CT molecular complexity index is 790. The molecular formula is C22H28F2N4O. The van der Waals surface area contributed by atoms with Crippen LogP contribution < -0.4 is 15.4 Å². The molecule has 7 heteroatoms. The van der Waals surface area contributed by atoms with E-state index in [1.807, 2.05) is 6.07 Å². The number of alkyl halides is 2. The summed E-state index contributed by atoms with van der Waals surface area (Å²) in [5.41, 5.74) is 3.34. The second-order valence-corrected chi connectivity index (χ2v) is 7.10. The van der Waals surface area contributed by atoms with E-state index in [2.05, 4.69) is 49.5 Å². The number of benzene rings is 2. The molecule has 0 spiro atoms. The van der Waals surface area contributed by atoms with E-state index in [-0.39, 0.29) is 5.75 Å². The Hall–Kier alpha value is -2.67. The van der Waals surface area contributed by atoms with E-state index < -0.39 is 6.61 Å². The first-order valence-corrected chi connectivity index (χ1v) is 9.91. The van der Waals surface area contributed by atoms with Crippen molar-refractivity contribution in [2.24, 2.45) is 4.99 Å². The van der Waals surface area contributed by atoms with Crippen molar-refractivity contribution in [1.82, 2.24) is 15.5 Å². The Morgan fingerprint density at radius 2 is 1.66 bits per heavy atom. The molecule has 1 aliphatic heterocycles. The Balaban J connectivity index is 1.45. The van der Waals surface area contributed by atoms with Crippen LogP contribution in [0.2, 0.25) is 0 Å². The number of ether oxygens (including phenoxy) is 1. The number of halogens is 2. The van der Waals surface area contributed by atoms with Crippen LogP contribution in [-0.2, 0) is 19.6 Å². The molecule has 0 atom stereocenters. The van der Waals surface area contributed by atoms with E-state index in [4.69, 9.17) is 0 Å². The normalized spacial score (nSPS) is 15.0. The van der Waals surface area contributed by atoms with Gasteiger partial charge in [0.1, 0.15) is 5.75 Å². The summed E-state index contributed by atoms with van der Waals surface area (Å²) in [6, 6.07) is 15.3.